The molecule has 0 aliphatic carbocycles. The Hall–Kier alpha value is -1.07. The molecule has 1 aliphatic heterocycles. The molecule has 118 valence electrons. The quantitative estimate of drug-likeness (QED) is 0.841. The lowest BCUT2D eigenvalue weighted by Crippen LogP contribution is -2.33. The first-order valence-corrected chi connectivity index (χ1v) is 9.57. The van der Waals surface area contributed by atoms with Crippen molar-refractivity contribution in [1.82, 2.24) is 4.90 Å². The minimum Gasteiger partial charge on any atom is -0.383 e. The number of sulfone groups is 1. The van der Waals surface area contributed by atoms with E-state index in [4.69, 9.17) is 0 Å². The Morgan fingerprint density at radius 2 is 1.86 bits per heavy atom. The van der Waals surface area contributed by atoms with Gasteiger partial charge in [-0.25, -0.2) is 8.42 Å². The number of rotatable bonds is 7. The highest BCUT2D eigenvalue weighted by molar-refractivity contribution is 7.91. The smallest absolute Gasteiger partial charge is 0.180 e. The number of hydrogen-bond acceptors (Lipinski definition) is 4. The second kappa shape index (κ2) is 7.80. The number of likely N-dealkylation sites (tertiary alicyclic amines) is 1. The van der Waals surface area contributed by atoms with E-state index in [9.17, 15) is 8.42 Å². The Kier molecular flexibility index (Phi) is 6.06. The number of benzene rings is 1. The summed E-state index contributed by atoms with van der Waals surface area (Å²) in [6, 6.07) is 7.24. The normalized spacial score (nSPS) is 16.8. The minimum atomic E-state index is -3.17. The fourth-order valence-electron chi connectivity index (χ4n) is 2.79. The van der Waals surface area contributed by atoms with Gasteiger partial charge in [0.15, 0.2) is 9.84 Å². The summed E-state index contributed by atoms with van der Waals surface area (Å²) in [5, 5.41) is 3.30. The van der Waals surface area contributed by atoms with Crippen molar-refractivity contribution < 1.29 is 8.42 Å². The van der Waals surface area contributed by atoms with Crippen LogP contribution in [0.2, 0.25) is 0 Å². The van der Waals surface area contributed by atoms with Gasteiger partial charge < -0.3 is 10.2 Å². The first kappa shape index (κ1) is 16.3. The standard InChI is InChI=1S/C16H26N2O2S/c1-2-14-21(19,20)16-9-5-4-8-15(16)17-10-13-18-11-6-3-7-12-18/h4-5,8-9,17H,2-3,6-7,10-14H2,1H3. The van der Waals surface area contributed by atoms with E-state index >= 15 is 0 Å². The van der Waals surface area contributed by atoms with Crippen LogP contribution in [0.15, 0.2) is 29.2 Å². The van der Waals surface area contributed by atoms with Crippen LogP contribution in [0.25, 0.3) is 0 Å². The molecule has 5 heteroatoms. The van der Waals surface area contributed by atoms with Gasteiger partial charge in [-0.3, -0.25) is 0 Å². The summed E-state index contributed by atoms with van der Waals surface area (Å²) >= 11 is 0. The van der Waals surface area contributed by atoms with Gasteiger partial charge in [0.25, 0.3) is 0 Å². The third-order valence-corrected chi connectivity index (χ3v) is 5.86. The summed E-state index contributed by atoms with van der Waals surface area (Å²) in [6.07, 6.45) is 4.54. The SMILES string of the molecule is CCCS(=O)(=O)c1ccccc1NCCN1CCCCC1. The monoisotopic (exact) mass is 310 g/mol. The fraction of sp³-hybridized carbons (Fsp3) is 0.625. The largest absolute Gasteiger partial charge is 0.383 e. The zero-order valence-corrected chi connectivity index (χ0v) is 13.7. The van der Waals surface area contributed by atoms with E-state index in [2.05, 4.69) is 10.2 Å². The molecule has 1 aromatic carbocycles. The number of anilines is 1. The predicted molar refractivity (Wildman–Crippen MR) is 87.6 cm³/mol. The van der Waals surface area contributed by atoms with Crippen molar-refractivity contribution in [2.24, 2.45) is 0 Å². The predicted octanol–water partition coefficient (Wildman–Crippen LogP) is 2.77. The second-order valence-corrected chi connectivity index (χ2v) is 7.72. The van der Waals surface area contributed by atoms with Crippen LogP contribution in [0, 0.1) is 0 Å². The zero-order chi connectivity index (χ0) is 15.1. The minimum absolute atomic E-state index is 0.206. The zero-order valence-electron chi connectivity index (χ0n) is 12.8. The molecular formula is C16H26N2O2S. The van der Waals surface area contributed by atoms with Crippen LogP contribution in [-0.4, -0.2) is 45.2 Å². The highest BCUT2D eigenvalue weighted by Crippen LogP contribution is 2.22. The number of hydrogen-bond donors (Lipinski definition) is 1. The van der Waals surface area contributed by atoms with E-state index in [1.165, 1.54) is 19.3 Å². The van der Waals surface area contributed by atoms with Crippen LogP contribution >= 0.6 is 0 Å². The maximum atomic E-state index is 12.3. The average Bonchev–Trinajstić information content (AvgIpc) is 2.49. The van der Waals surface area contributed by atoms with Crippen LogP contribution in [0.3, 0.4) is 0 Å². The van der Waals surface area contributed by atoms with Crippen molar-refractivity contribution in [3.8, 4) is 0 Å². The lowest BCUT2D eigenvalue weighted by Gasteiger charge is -2.26. The molecule has 1 heterocycles. The molecule has 0 atom stereocenters. The number of para-hydroxylation sites is 1. The van der Waals surface area contributed by atoms with E-state index < -0.39 is 9.84 Å². The van der Waals surface area contributed by atoms with Crippen molar-refractivity contribution >= 4 is 15.5 Å². The average molecular weight is 310 g/mol. The highest BCUT2D eigenvalue weighted by Gasteiger charge is 2.17. The van der Waals surface area contributed by atoms with Crippen LogP contribution in [0.5, 0.6) is 0 Å². The van der Waals surface area contributed by atoms with Gasteiger partial charge in [0.1, 0.15) is 0 Å². The van der Waals surface area contributed by atoms with Gasteiger partial charge in [0, 0.05) is 13.1 Å². The number of piperidine rings is 1. The molecular weight excluding hydrogens is 284 g/mol. The van der Waals surface area contributed by atoms with Gasteiger partial charge in [-0.15, -0.1) is 0 Å². The maximum absolute atomic E-state index is 12.3. The summed E-state index contributed by atoms with van der Waals surface area (Å²) in [4.78, 5) is 2.88. The Labute approximate surface area is 128 Å². The lowest BCUT2D eigenvalue weighted by molar-refractivity contribution is 0.237. The number of nitrogens with one attached hydrogen (secondary N) is 1. The Morgan fingerprint density at radius 1 is 1.14 bits per heavy atom. The summed E-state index contributed by atoms with van der Waals surface area (Å²) < 4.78 is 24.5. The molecule has 4 nitrogen and oxygen atoms in total. The molecule has 0 saturated carbocycles. The van der Waals surface area contributed by atoms with E-state index in [1.54, 1.807) is 12.1 Å². The molecule has 0 radical (unpaired) electrons. The fourth-order valence-corrected chi connectivity index (χ4v) is 4.31. The van der Waals surface area contributed by atoms with Gasteiger partial charge in [0.2, 0.25) is 0 Å². The molecule has 1 aliphatic rings. The maximum Gasteiger partial charge on any atom is 0.180 e. The number of nitrogens with zero attached hydrogens (tertiary/aromatic N) is 1. The molecule has 1 N–H and O–H groups in total. The van der Waals surface area contributed by atoms with E-state index in [1.807, 2.05) is 19.1 Å². The molecule has 21 heavy (non-hydrogen) atoms. The molecule has 0 aromatic heterocycles. The molecule has 0 unspecified atom stereocenters. The van der Waals surface area contributed by atoms with Crippen molar-refractivity contribution in [1.29, 1.82) is 0 Å². The molecule has 1 aromatic rings. The van der Waals surface area contributed by atoms with Crippen molar-refractivity contribution in [2.75, 3.05) is 37.2 Å². The van der Waals surface area contributed by atoms with Crippen molar-refractivity contribution in [2.45, 2.75) is 37.5 Å². The molecule has 1 saturated heterocycles. The first-order valence-electron chi connectivity index (χ1n) is 7.91. The van der Waals surface area contributed by atoms with Crippen LogP contribution in [0.4, 0.5) is 5.69 Å². The van der Waals surface area contributed by atoms with Crippen LogP contribution in [-0.2, 0) is 9.84 Å². The second-order valence-electron chi connectivity index (χ2n) is 5.64. The van der Waals surface area contributed by atoms with E-state index in [0.29, 0.717) is 11.3 Å². The third kappa shape index (κ3) is 4.71. The summed E-state index contributed by atoms with van der Waals surface area (Å²) in [6.45, 7) is 5.99. The Balaban J connectivity index is 1.96. The van der Waals surface area contributed by atoms with Crippen molar-refractivity contribution in [3.05, 3.63) is 24.3 Å². The van der Waals surface area contributed by atoms with Gasteiger partial charge in [-0.05, 0) is 44.5 Å². The van der Waals surface area contributed by atoms with Crippen LogP contribution in [0.1, 0.15) is 32.6 Å². The first-order chi connectivity index (χ1) is 10.1. The van der Waals surface area contributed by atoms with Gasteiger partial charge in [-0.2, -0.15) is 0 Å². The highest BCUT2D eigenvalue weighted by atomic mass is 32.2. The summed E-state index contributed by atoms with van der Waals surface area (Å²) in [5.41, 5.74) is 0.739. The lowest BCUT2D eigenvalue weighted by atomic mass is 10.1. The molecule has 1 fully saturated rings. The Bertz CT molecular complexity index is 537. The van der Waals surface area contributed by atoms with Gasteiger partial charge in [0.05, 0.1) is 16.3 Å². The molecule has 0 spiro atoms. The molecule has 0 bridgehead atoms. The third-order valence-electron chi connectivity index (χ3n) is 3.89. The van der Waals surface area contributed by atoms with Crippen LogP contribution < -0.4 is 5.32 Å². The summed E-state index contributed by atoms with van der Waals surface area (Å²) in [7, 11) is -3.17. The van der Waals surface area contributed by atoms with Crippen molar-refractivity contribution in [3.63, 3.8) is 0 Å². The Morgan fingerprint density at radius 3 is 2.57 bits per heavy atom. The van der Waals surface area contributed by atoms with E-state index in [0.717, 1.165) is 31.9 Å². The molecule has 2 rings (SSSR count). The topological polar surface area (TPSA) is 49.4 Å². The molecule has 0 amide bonds. The summed E-state index contributed by atoms with van der Waals surface area (Å²) in [5.74, 6) is 0.206. The van der Waals surface area contributed by atoms with Gasteiger partial charge >= 0.3 is 0 Å². The van der Waals surface area contributed by atoms with Gasteiger partial charge in [-0.1, -0.05) is 25.5 Å². The van der Waals surface area contributed by atoms with E-state index in [-0.39, 0.29) is 5.75 Å².